The van der Waals surface area contributed by atoms with Crippen LogP contribution in [-0.2, 0) is 9.59 Å². The molecule has 0 radical (unpaired) electrons. The second kappa shape index (κ2) is 9.64. The Morgan fingerprint density at radius 1 is 1.00 bits per heavy atom. The molecular formula is C24H26N2O6. The van der Waals surface area contributed by atoms with Gasteiger partial charge in [-0.3, -0.25) is 9.59 Å². The van der Waals surface area contributed by atoms with Gasteiger partial charge in [-0.25, -0.2) is 0 Å². The third-order valence-electron chi connectivity index (χ3n) is 5.64. The summed E-state index contributed by atoms with van der Waals surface area (Å²) in [4.78, 5) is 27.0. The molecule has 168 valence electrons. The number of nitrogens with zero attached hydrogens (tertiary/aromatic N) is 1. The molecule has 0 saturated carbocycles. The van der Waals surface area contributed by atoms with Crippen molar-refractivity contribution in [2.45, 2.75) is 12.8 Å². The molecule has 0 atom stereocenters. The van der Waals surface area contributed by atoms with Crippen LogP contribution in [0, 0.1) is 5.92 Å². The summed E-state index contributed by atoms with van der Waals surface area (Å²) in [7, 11) is 3.15. The van der Waals surface area contributed by atoms with Gasteiger partial charge in [0.25, 0.3) is 0 Å². The number of carbonyl (C=O) groups excluding carboxylic acids is 2. The summed E-state index contributed by atoms with van der Waals surface area (Å²) < 4.78 is 21.2. The van der Waals surface area contributed by atoms with Gasteiger partial charge in [-0.05, 0) is 48.7 Å². The Balaban J connectivity index is 1.29. The number of methoxy groups -OCH3 is 2. The highest BCUT2D eigenvalue weighted by atomic mass is 16.7. The Hall–Kier alpha value is -3.68. The van der Waals surface area contributed by atoms with Crippen molar-refractivity contribution in [2.24, 2.45) is 5.92 Å². The molecule has 0 aromatic heterocycles. The van der Waals surface area contributed by atoms with Crippen molar-refractivity contribution in [3.63, 3.8) is 0 Å². The van der Waals surface area contributed by atoms with Crippen LogP contribution in [0.2, 0.25) is 0 Å². The first-order valence-corrected chi connectivity index (χ1v) is 10.5. The standard InChI is InChI=1S/C24H26N2O6/c1-29-19-6-3-16(13-21(19)30-2)4-8-23(27)26-11-9-17(10-12-26)24(28)25-18-5-7-20-22(14-18)32-15-31-20/h3-8,13-14,17H,9-12,15H2,1-2H3,(H,25,28). The number of amides is 2. The molecule has 2 aliphatic rings. The van der Waals surface area contributed by atoms with E-state index in [1.165, 1.54) is 0 Å². The van der Waals surface area contributed by atoms with E-state index in [2.05, 4.69) is 5.32 Å². The number of likely N-dealkylation sites (tertiary alicyclic amines) is 1. The number of rotatable bonds is 6. The first-order chi connectivity index (χ1) is 15.6. The van der Waals surface area contributed by atoms with Crippen molar-refractivity contribution in [2.75, 3.05) is 39.4 Å². The monoisotopic (exact) mass is 438 g/mol. The van der Waals surface area contributed by atoms with E-state index in [9.17, 15) is 9.59 Å². The number of benzene rings is 2. The molecule has 2 heterocycles. The average Bonchev–Trinajstić information content (AvgIpc) is 3.30. The minimum atomic E-state index is -0.140. The topological polar surface area (TPSA) is 86.3 Å². The van der Waals surface area contributed by atoms with Crippen LogP contribution in [-0.4, -0.2) is 50.8 Å². The maximum Gasteiger partial charge on any atom is 0.246 e. The Morgan fingerprint density at radius 3 is 2.50 bits per heavy atom. The summed E-state index contributed by atoms with van der Waals surface area (Å²) in [5.74, 6) is 2.29. The molecule has 2 aromatic carbocycles. The third kappa shape index (κ3) is 4.80. The third-order valence-corrected chi connectivity index (χ3v) is 5.64. The predicted molar refractivity (Wildman–Crippen MR) is 119 cm³/mol. The number of carbonyl (C=O) groups is 2. The lowest BCUT2D eigenvalue weighted by Gasteiger charge is -2.30. The number of fused-ring (bicyclic) bond motifs is 1. The SMILES string of the molecule is COc1ccc(C=CC(=O)N2CCC(C(=O)Nc3ccc4c(c3)OCO4)CC2)cc1OC. The lowest BCUT2D eigenvalue weighted by atomic mass is 9.95. The highest BCUT2D eigenvalue weighted by molar-refractivity contribution is 5.94. The Kier molecular flexibility index (Phi) is 6.49. The number of piperidine rings is 1. The van der Waals surface area contributed by atoms with Gasteiger partial charge in [0.2, 0.25) is 18.6 Å². The van der Waals surface area contributed by atoms with E-state index in [0.29, 0.717) is 54.6 Å². The van der Waals surface area contributed by atoms with E-state index in [1.807, 2.05) is 12.1 Å². The van der Waals surface area contributed by atoms with Gasteiger partial charge in [-0.1, -0.05) is 6.07 Å². The second-order valence-corrected chi connectivity index (χ2v) is 7.60. The van der Waals surface area contributed by atoms with Crippen molar-refractivity contribution in [1.29, 1.82) is 0 Å². The molecular weight excluding hydrogens is 412 g/mol. The van der Waals surface area contributed by atoms with Gasteiger partial charge in [0.1, 0.15) is 0 Å². The van der Waals surface area contributed by atoms with Gasteiger partial charge in [0, 0.05) is 36.8 Å². The molecule has 1 saturated heterocycles. The first-order valence-electron chi connectivity index (χ1n) is 10.5. The molecule has 0 bridgehead atoms. The fourth-order valence-corrected chi connectivity index (χ4v) is 3.81. The molecule has 1 N–H and O–H groups in total. The lowest BCUT2D eigenvalue weighted by molar-refractivity contribution is -0.130. The minimum absolute atomic E-state index is 0.0446. The largest absolute Gasteiger partial charge is 0.493 e. The van der Waals surface area contributed by atoms with Crippen LogP contribution < -0.4 is 24.3 Å². The van der Waals surface area contributed by atoms with Gasteiger partial charge in [0.15, 0.2) is 23.0 Å². The van der Waals surface area contributed by atoms with Crippen molar-refractivity contribution in [3.8, 4) is 23.0 Å². The summed E-state index contributed by atoms with van der Waals surface area (Å²) in [5, 5.41) is 2.94. The zero-order chi connectivity index (χ0) is 22.5. The quantitative estimate of drug-likeness (QED) is 0.697. The minimum Gasteiger partial charge on any atom is -0.493 e. The van der Waals surface area contributed by atoms with E-state index < -0.39 is 0 Å². The number of nitrogens with one attached hydrogen (secondary N) is 1. The van der Waals surface area contributed by atoms with E-state index >= 15 is 0 Å². The maximum atomic E-state index is 12.6. The summed E-state index contributed by atoms with van der Waals surface area (Å²) in [6.45, 7) is 1.27. The predicted octanol–water partition coefficient (Wildman–Crippen LogP) is 3.32. The van der Waals surface area contributed by atoms with Crippen molar-refractivity contribution in [3.05, 3.63) is 48.0 Å². The van der Waals surface area contributed by atoms with Crippen LogP contribution >= 0.6 is 0 Å². The Morgan fingerprint density at radius 2 is 1.75 bits per heavy atom. The van der Waals surface area contributed by atoms with Crippen LogP contribution in [0.1, 0.15) is 18.4 Å². The highest BCUT2D eigenvalue weighted by Gasteiger charge is 2.27. The van der Waals surface area contributed by atoms with Gasteiger partial charge in [0.05, 0.1) is 14.2 Å². The fraction of sp³-hybridized carbons (Fsp3) is 0.333. The Bertz CT molecular complexity index is 1030. The molecule has 2 aliphatic heterocycles. The number of hydrogen-bond acceptors (Lipinski definition) is 6. The average molecular weight is 438 g/mol. The fourth-order valence-electron chi connectivity index (χ4n) is 3.81. The first kappa shape index (κ1) is 21.5. The molecule has 4 rings (SSSR count). The van der Waals surface area contributed by atoms with Gasteiger partial charge < -0.3 is 29.2 Å². The smallest absolute Gasteiger partial charge is 0.246 e. The van der Waals surface area contributed by atoms with Crippen molar-refractivity contribution < 1.29 is 28.5 Å². The van der Waals surface area contributed by atoms with Gasteiger partial charge >= 0.3 is 0 Å². The molecule has 0 unspecified atom stereocenters. The number of hydrogen-bond donors (Lipinski definition) is 1. The molecule has 1 fully saturated rings. The summed E-state index contributed by atoms with van der Waals surface area (Å²) in [5.41, 5.74) is 1.52. The van der Waals surface area contributed by atoms with Gasteiger partial charge in [-0.2, -0.15) is 0 Å². The number of anilines is 1. The molecule has 32 heavy (non-hydrogen) atoms. The normalized spacial score (nSPS) is 15.6. The molecule has 0 spiro atoms. The molecule has 0 aliphatic carbocycles. The van der Waals surface area contributed by atoms with Crippen LogP contribution in [0.25, 0.3) is 6.08 Å². The van der Waals surface area contributed by atoms with Gasteiger partial charge in [-0.15, -0.1) is 0 Å². The van der Waals surface area contributed by atoms with Crippen LogP contribution in [0.5, 0.6) is 23.0 Å². The van der Waals surface area contributed by atoms with Crippen molar-refractivity contribution >= 4 is 23.6 Å². The van der Waals surface area contributed by atoms with E-state index in [0.717, 1.165) is 5.56 Å². The molecule has 8 nitrogen and oxygen atoms in total. The molecule has 8 heteroatoms. The summed E-state index contributed by atoms with van der Waals surface area (Å²) in [6.07, 6.45) is 4.54. The molecule has 2 aromatic rings. The number of ether oxygens (including phenoxy) is 4. The van der Waals surface area contributed by atoms with E-state index in [4.69, 9.17) is 18.9 Å². The van der Waals surface area contributed by atoms with E-state index in [1.54, 1.807) is 55.5 Å². The van der Waals surface area contributed by atoms with Crippen molar-refractivity contribution in [1.82, 2.24) is 4.90 Å². The van der Waals surface area contributed by atoms with Crippen LogP contribution in [0.15, 0.2) is 42.5 Å². The van der Waals surface area contributed by atoms with Crippen LogP contribution in [0.3, 0.4) is 0 Å². The second-order valence-electron chi connectivity index (χ2n) is 7.60. The molecule has 2 amide bonds. The lowest BCUT2D eigenvalue weighted by Crippen LogP contribution is -2.40. The Labute approximate surface area is 186 Å². The zero-order valence-corrected chi connectivity index (χ0v) is 18.1. The van der Waals surface area contributed by atoms with Crippen LogP contribution in [0.4, 0.5) is 5.69 Å². The highest BCUT2D eigenvalue weighted by Crippen LogP contribution is 2.34. The summed E-state index contributed by atoms with van der Waals surface area (Å²) in [6, 6.07) is 10.8. The summed E-state index contributed by atoms with van der Waals surface area (Å²) >= 11 is 0. The zero-order valence-electron chi connectivity index (χ0n) is 18.1. The van der Waals surface area contributed by atoms with E-state index in [-0.39, 0.29) is 24.5 Å². The maximum absolute atomic E-state index is 12.6.